The minimum absolute atomic E-state index is 0.0446. The van der Waals surface area contributed by atoms with E-state index in [0.717, 1.165) is 23.5 Å². The number of carbonyl (C=O) groups excluding carboxylic acids is 1. The summed E-state index contributed by atoms with van der Waals surface area (Å²) in [5.41, 5.74) is 1.02. The minimum Gasteiger partial charge on any atom is -0.481 e. The Balaban J connectivity index is 2.19. The van der Waals surface area contributed by atoms with Crippen molar-refractivity contribution in [3.63, 3.8) is 0 Å². The molecule has 0 spiro atoms. The van der Waals surface area contributed by atoms with Crippen LogP contribution in [0.25, 0.3) is 0 Å². The first kappa shape index (κ1) is 14.6. The Bertz CT molecular complexity index is 417. The molecule has 0 aliphatic rings. The van der Waals surface area contributed by atoms with E-state index in [1.54, 1.807) is 18.3 Å². The van der Waals surface area contributed by atoms with Gasteiger partial charge in [0.25, 0.3) is 0 Å². The van der Waals surface area contributed by atoms with Crippen LogP contribution in [0.2, 0.25) is 0 Å². The van der Waals surface area contributed by atoms with Crippen LogP contribution in [0.5, 0.6) is 0 Å². The zero-order chi connectivity index (χ0) is 13.5. The summed E-state index contributed by atoms with van der Waals surface area (Å²) < 4.78 is 0. The van der Waals surface area contributed by atoms with Crippen LogP contribution in [0.1, 0.15) is 36.9 Å². The van der Waals surface area contributed by atoms with Gasteiger partial charge in [-0.25, -0.2) is 4.98 Å². The molecule has 18 heavy (non-hydrogen) atoms. The molecule has 0 aromatic carbocycles. The Morgan fingerprint density at radius 1 is 1.56 bits per heavy atom. The van der Waals surface area contributed by atoms with Crippen LogP contribution in [0.15, 0.2) is 5.38 Å². The van der Waals surface area contributed by atoms with Crippen LogP contribution in [-0.4, -0.2) is 28.0 Å². The van der Waals surface area contributed by atoms with Crippen molar-refractivity contribution in [2.75, 3.05) is 0 Å². The fraction of sp³-hybridized carbons (Fsp3) is 0.583. The number of carboxylic acid groups (broad SMARTS) is 1. The molecule has 100 valence electrons. The minimum atomic E-state index is -0.902. The van der Waals surface area contributed by atoms with E-state index >= 15 is 0 Å². The van der Waals surface area contributed by atoms with E-state index in [2.05, 4.69) is 10.3 Å². The molecule has 0 saturated carbocycles. The number of nitrogens with zero attached hydrogens (tertiary/aromatic N) is 1. The topological polar surface area (TPSA) is 79.3 Å². The maximum Gasteiger partial charge on any atom is 0.305 e. The lowest BCUT2D eigenvalue weighted by molar-refractivity contribution is -0.137. The average Bonchev–Trinajstić information content (AvgIpc) is 2.62. The number of amides is 1. The molecule has 0 aliphatic carbocycles. The third-order valence-corrected chi connectivity index (χ3v) is 3.21. The standard InChI is InChI=1S/C12H18N2O3S/c1-8(6-12(16)17)13-11(15)5-3-4-10-7-18-9(2)14-10/h7-8H,3-6H2,1-2H3,(H,13,15)(H,16,17). The van der Waals surface area contributed by atoms with E-state index in [4.69, 9.17) is 5.11 Å². The molecule has 0 fully saturated rings. The van der Waals surface area contributed by atoms with Crippen molar-refractivity contribution in [1.29, 1.82) is 0 Å². The van der Waals surface area contributed by atoms with E-state index in [1.807, 2.05) is 12.3 Å². The number of thiazole rings is 1. The molecule has 1 atom stereocenters. The number of carbonyl (C=O) groups is 2. The summed E-state index contributed by atoms with van der Waals surface area (Å²) in [5, 5.41) is 14.3. The van der Waals surface area contributed by atoms with Crippen molar-refractivity contribution in [2.45, 2.75) is 45.6 Å². The van der Waals surface area contributed by atoms with Crippen molar-refractivity contribution in [1.82, 2.24) is 10.3 Å². The molecule has 1 aromatic heterocycles. The fourth-order valence-corrected chi connectivity index (χ4v) is 2.26. The van der Waals surface area contributed by atoms with E-state index in [9.17, 15) is 9.59 Å². The van der Waals surface area contributed by atoms with Gasteiger partial charge in [0.05, 0.1) is 17.1 Å². The third-order valence-electron chi connectivity index (χ3n) is 2.39. The van der Waals surface area contributed by atoms with Gasteiger partial charge in [-0.1, -0.05) is 0 Å². The van der Waals surface area contributed by atoms with Crippen LogP contribution in [0, 0.1) is 6.92 Å². The summed E-state index contributed by atoms with van der Waals surface area (Å²) in [6.07, 6.45) is 1.87. The monoisotopic (exact) mass is 270 g/mol. The van der Waals surface area contributed by atoms with E-state index in [0.29, 0.717) is 6.42 Å². The van der Waals surface area contributed by atoms with Gasteiger partial charge in [-0.15, -0.1) is 11.3 Å². The molecule has 1 amide bonds. The maximum absolute atomic E-state index is 11.5. The van der Waals surface area contributed by atoms with Gasteiger partial charge in [-0.3, -0.25) is 9.59 Å². The van der Waals surface area contributed by atoms with Crippen molar-refractivity contribution < 1.29 is 14.7 Å². The Morgan fingerprint density at radius 2 is 2.28 bits per heavy atom. The molecular formula is C12H18N2O3S. The van der Waals surface area contributed by atoms with Gasteiger partial charge in [0.2, 0.25) is 5.91 Å². The zero-order valence-corrected chi connectivity index (χ0v) is 11.4. The van der Waals surface area contributed by atoms with Crippen molar-refractivity contribution in [3.05, 3.63) is 16.1 Å². The van der Waals surface area contributed by atoms with Crippen LogP contribution < -0.4 is 5.32 Å². The molecule has 2 N–H and O–H groups in total. The summed E-state index contributed by atoms with van der Waals surface area (Å²) in [5.74, 6) is -1.00. The van der Waals surface area contributed by atoms with Gasteiger partial charge in [0, 0.05) is 17.8 Å². The molecule has 5 nitrogen and oxygen atoms in total. The highest BCUT2D eigenvalue weighted by molar-refractivity contribution is 7.09. The lowest BCUT2D eigenvalue weighted by Crippen LogP contribution is -2.34. The predicted molar refractivity (Wildman–Crippen MR) is 69.6 cm³/mol. The summed E-state index contributed by atoms with van der Waals surface area (Å²) in [6, 6.07) is -0.323. The second-order valence-corrected chi connectivity index (χ2v) is 5.34. The van der Waals surface area contributed by atoms with Gasteiger partial charge < -0.3 is 10.4 Å². The molecule has 1 heterocycles. The second-order valence-electron chi connectivity index (χ2n) is 4.28. The first-order valence-corrected chi connectivity index (χ1v) is 6.77. The number of aromatic nitrogens is 1. The quantitative estimate of drug-likeness (QED) is 0.791. The summed E-state index contributed by atoms with van der Waals surface area (Å²) in [6.45, 7) is 3.64. The summed E-state index contributed by atoms with van der Waals surface area (Å²) >= 11 is 1.60. The lowest BCUT2D eigenvalue weighted by atomic mass is 10.2. The van der Waals surface area contributed by atoms with E-state index in [1.165, 1.54) is 0 Å². The number of nitrogens with one attached hydrogen (secondary N) is 1. The Hall–Kier alpha value is -1.43. The van der Waals surface area contributed by atoms with Crippen molar-refractivity contribution >= 4 is 23.2 Å². The Morgan fingerprint density at radius 3 is 2.83 bits per heavy atom. The smallest absolute Gasteiger partial charge is 0.305 e. The molecular weight excluding hydrogens is 252 g/mol. The maximum atomic E-state index is 11.5. The van der Waals surface area contributed by atoms with Crippen molar-refractivity contribution in [3.8, 4) is 0 Å². The predicted octanol–water partition coefficient (Wildman–Crippen LogP) is 1.75. The molecule has 0 radical (unpaired) electrons. The number of rotatable bonds is 7. The van der Waals surface area contributed by atoms with Crippen LogP contribution in [0.4, 0.5) is 0 Å². The molecule has 6 heteroatoms. The van der Waals surface area contributed by atoms with Crippen LogP contribution in [0.3, 0.4) is 0 Å². The number of aliphatic carboxylic acids is 1. The number of hydrogen-bond donors (Lipinski definition) is 2. The molecule has 1 unspecified atom stereocenters. The Kier molecular flexibility index (Phi) is 5.77. The normalized spacial score (nSPS) is 12.1. The number of carboxylic acids is 1. The van der Waals surface area contributed by atoms with E-state index < -0.39 is 5.97 Å². The third kappa shape index (κ3) is 5.77. The zero-order valence-electron chi connectivity index (χ0n) is 10.6. The average molecular weight is 270 g/mol. The highest BCUT2D eigenvalue weighted by atomic mass is 32.1. The number of hydrogen-bond acceptors (Lipinski definition) is 4. The molecule has 0 aliphatic heterocycles. The molecule has 1 aromatic rings. The van der Waals surface area contributed by atoms with Crippen molar-refractivity contribution in [2.24, 2.45) is 0 Å². The fourth-order valence-electron chi connectivity index (χ4n) is 1.61. The van der Waals surface area contributed by atoms with E-state index in [-0.39, 0.29) is 18.4 Å². The first-order valence-electron chi connectivity index (χ1n) is 5.89. The van der Waals surface area contributed by atoms with Crippen LogP contribution >= 0.6 is 11.3 Å². The van der Waals surface area contributed by atoms with Crippen LogP contribution in [-0.2, 0) is 16.0 Å². The Labute approximate surface area is 110 Å². The molecule has 0 saturated heterocycles. The second kappa shape index (κ2) is 7.10. The van der Waals surface area contributed by atoms with Gasteiger partial charge in [0.15, 0.2) is 0 Å². The number of aryl methyl sites for hydroxylation is 2. The van der Waals surface area contributed by atoms with Gasteiger partial charge in [-0.2, -0.15) is 0 Å². The first-order chi connectivity index (χ1) is 8.47. The largest absolute Gasteiger partial charge is 0.481 e. The highest BCUT2D eigenvalue weighted by Crippen LogP contribution is 2.10. The summed E-state index contributed by atoms with van der Waals surface area (Å²) in [4.78, 5) is 26.3. The van der Waals surface area contributed by atoms with Gasteiger partial charge in [0.1, 0.15) is 0 Å². The van der Waals surface area contributed by atoms with Gasteiger partial charge >= 0.3 is 5.97 Å². The SMILES string of the molecule is Cc1nc(CCCC(=O)NC(C)CC(=O)O)cs1. The molecule has 1 rings (SSSR count). The molecule has 0 bridgehead atoms. The summed E-state index contributed by atoms with van der Waals surface area (Å²) in [7, 11) is 0. The highest BCUT2D eigenvalue weighted by Gasteiger charge is 2.10. The van der Waals surface area contributed by atoms with Gasteiger partial charge in [-0.05, 0) is 26.7 Å². The lowest BCUT2D eigenvalue weighted by Gasteiger charge is -2.10.